The molecule has 0 aliphatic carbocycles. The summed E-state index contributed by atoms with van der Waals surface area (Å²) in [4.78, 5) is 4.23. The second-order valence-electron chi connectivity index (χ2n) is 3.66. The maximum Gasteiger partial charge on any atom is 0.161 e. The summed E-state index contributed by atoms with van der Waals surface area (Å²) in [7, 11) is 5.34. The number of nitrogens with zero attached hydrogens (tertiary/aromatic N) is 4. The van der Waals surface area contributed by atoms with Gasteiger partial charge in [0.2, 0.25) is 0 Å². The molecule has 0 aromatic carbocycles. The number of nitrogens with two attached hydrogens (primary N) is 1. The van der Waals surface area contributed by atoms with Crippen LogP contribution in [0.15, 0.2) is 18.7 Å². The molecular formula is C10H15N5O. The summed E-state index contributed by atoms with van der Waals surface area (Å²) in [5.74, 6) is 0.681. The van der Waals surface area contributed by atoms with E-state index in [4.69, 9.17) is 10.5 Å². The van der Waals surface area contributed by atoms with Gasteiger partial charge in [-0.1, -0.05) is 0 Å². The number of methoxy groups -OCH3 is 1. The number of hydrogen-bond donors (Lipinski definition) is 1. The first-order valence-electron chi connectivity index (χ1n) is 4.92. The third-order valence-electron chi connectivity index (χ3n) is 2.51. The Morgan fingerprint density at radius 1 is 1.44 bits per heavy atom. The van der Waals surface area contributed by atoms with Crippen LogP contribution in [0.25, 0.3) is 0 Å². The SMILES string of the molecule is COc1cnn(C)c1C(N)c1cn(C)cn1. The van der Waals surface area contributed by atoms with E-state index in [1.807, 2.05) is 24.9 Å². The summed E-state index contributed by atoms with van der Waals surface area (Å²) in [6.07, 6.45) is 5.26. The average molecular weight is 221 g/mol. The quantitative estimate of drug-likeness (QED) is 0.804. The zero-order valence-corrected chi connectivity index (χ0v) is 9.58. The predicted octanol–water partition coefficient (Wildman–Crippen LogP) is 0.210. The van der Waals surface area contributed by atoms with Gasteiger partial charge in [0.15, 0.2) is 5.75 Å². The Balaban J connectivity index is 2.40. The van der Waals surface area contributed by atoms with Crippen molar-refractivity contribution in [2.45, 2.75) is 6.04 Å². The van der Waals surface area contributed by atoms with Crippen molar-refractivity contribution in [3.63, 3.8) is 0 Å². The molecule has 16 heavy (non-hydrogen) atoms. The average Bonchev–Trinajstić information content (AvgIpc) is 2.83. The standard InChI is InChI=1S/C10H15N5O/c1-14-5-7(12-6-14)9(11)10-8(16-3)4-13-15(10)2/h4-6,9H,11H2,1-3H3. The molecule has 2 aromatic rings. The molecule has 2 rings (SSSR count). The van der Waals surface area contributed by atoms with Crippen LogP contribution < -0.4 is 10.5 Å². The highest BCUT2D eigenvalue weighted by molar-refractivity contribution is 5.32. The molecule has 86 valence electrons. The van der Waals surface area contributed by atoms with Gasteiger partial charge in [-0.2, -0.15) is 5.10 Å². The van der Waals surface area contributed by atoms with E-state index >= 15 is 0 Å². The lowest BCUT2D eigenvalue weighted by Gasteiger charge is -2.11. The molecule has 2 aromatic heterocycles. The summed E-state index contributed by atoms with van der Waals surface area (Å²) in [5.41, 5.74) is 7.75. The molecular weight excluding hydrogens is 206 g/mol. The predicted molar refractivity (Wildman–Crippen MR) is 59.0 cm³/mol. The number of aryl methyl sites for hydroxylation is 2. The first kappa shape index (κ1) is 10.7. The fourth-order valence-corrected chi connectivity index (χ4v) is 1.67. The van der Waals surface area contributed by atoms with Crippen molar-refractivity contribution in [1.82, 2.24) is 19.3 Å². The normalized spacial score (nSPS) is 12.8. The third kappa shape index (κ3) is 1.67. The molecule has 0 saturated carbocycles. The monoisotopic (exact) mass is 221 g/mol. The Hall–Kier alpha value is -1.82. The van der Waals surface area contributed by atoms with Crippen LogP contribution in [0.2, 0.25) is 0 Å². The van der Waals surface area contributed by atoms with Gasteiger partial charge >= 0.3 is 0 Å². The molecule has 0 fully saturated rings. The Bertz CT molecular complexity index is 487. The fraction of sp³-hybridized carbons (Fsp3) is 0.400. The molecule has 1 unspecified atom stereocenters. The minimum Gasteiger partial charge on any atom is -0.493 e. The topological polar surface area (TPSA) is 70.9 Å². The second kappa shape index (κ2) is 3.97. The lowest BCUT2D eigenvalue weighted by Crippen LogP contribution is -2.17. The van der Waals surface area contributed by atoms with Gasteiger partial charge < -0.3 is 15.0 Å². The molecule has 0 bridgehead atoms. The van der Waals surface area contributed by atoms with Crippen LogP contribution in [0.3, 0.4) is 0 Å². The number of imidazole rings is 1. The van der Waals surface area contributed by atoms with Crippen molar-refractivity contribution in [2.75, 3.05) is 7.11 Å². The molecule has 2 N–H and O–H groups in total. The zero-order valence-electron chi connectivity index (χ0n) is 9.58. The number of ether oxygens (including phenoxy) is 1. The van der Waals surface area contributed by atoms with Crippen molar-refractivity contribution in [1.29, 1.82) is 0 Å². The molecule has 0 aliphatic rings. The minimum absolute atomic E-state index is 0.330. The van der Waals surface area contributed by atoms with Crippen LogP contribution in [-0.4, -0.2) is 26.4 Å². The number of aromatic nitrogens is 4. The van der Waals surface area contributed by atoms with Gasteiger partial charge in [-0.15, -0.1) is 0 Å². The van der Waals surface area contributed by atoms with Crippen LogP contribution in [0, 0.1) is 0 Å². The molecule has 0 amide bonds. The molecule has 1 atom stereocenters. The van der Waals surface area contributed by atoms with E-state index < -0.39 is 0 Å². The summed E-state index contributed by atoms with van der Waals surface area (Å²) in [6, 6.07) is -0.330. The van der Waals surface area contributed by atoms with Gasteiger partial charge in [0.05, 0.1) is 31.4 Å². The largest absolute Gasteiger partial charge is 0.493 e. The first-order valence-corrected chi connectivity index (χ1v) is 4.92. The van der Waals surface area contributed by atoms with E-state index in [0.29, 0.717) is 5.75 Å². The van der Waals surface area contributed by atoms with Crippen molar-refractivity contribution in [2.24, 2.45) is 19.8 Å². The van der Waals surface area contributed by atoms with E-state index in [1.165, 1.54) is 0 Å². The molecule has 0 saturated heterocycles. The molecule has 6 heteroatoms. The van der Waals surface area contributed by atoms with E-state index in [1.54, 1.807) is 24.3 Å². The smallest absolute Gasteiger partial charge is 0.161 e. The highest BCUT2D eigenvalue weighted by atomic mass is 16.5. The Labute approximate surface area is 93.6 Å². The Morgan fingerprint density at radius 2 is 2.19 bits per heavy atom. The van der Waals surface area contributed by atoms with Crippen molar-refractivity contribution in [3.05, 3.63) is 30.1 Å². The van der Waals surface area contributed by atoms with E-state index in [2.05, 4.69) is 10.1 Å². The highest BCUT2D eigenvalue weighted by Gasteiger charge is 2.20. The highest BCUT2D eigenvalue weighted by Crippen LogP contribution is 2.26. The van der Waals surface area contributed by atoms with Crippen molar-refractivity contribution >= 4 is 0 Å². The summed E-state index contributed by atoms with van der Waals surface area (Å²) in [5, 5.41) is 4.12. The maximum absolute atomic E-state index is 6.13. The third-order valence-corrected chi connectivity index (χ3v) is 2.51. The molecule has 2 heterocycles. The number of hydrogen-bond acceptors (Lipinski definition) is 4. The fourth-order valence-electron chi connectivity index (χ4n) is 1.67. The van der Waals surface area contributed by atoms with Crippen LogP contribution in [0.1, 0.15) is 17.4 Å². The van der Waals surface area contributed by atoms with Crippen LogP contribution in [0.5, 0.6) is 5.75 Å². The summed E-state index contributed by atoms with van der Waals surface area (Å²) in [6.45, 7) is 0. The van der Waals surface area contributed by atoms with Crippen LogP contribution in [0.4, 0.5) is 0 Å². The summed E-state index contributed by atoms with van der Waals surface area (Å²) >= 11 is 0. The molecule has 0 radical (unpaired) electrons. The maximum atomic E-state index is 6.13. The summed E-state index contributed by atoms with van der Waals surface area (Å²) < 4.78 is 8.78. The molecule has 6 nitrogen and oxygen atoms in total. The first-order chi connectivity index (χ1) is 7.63. The van der Waals surface area contributed by atoms with E-state index in [-0.39, 0.29) is 6.04 Å². The van der Waals surface area contributed by atoms with Crippen molar-refractivity contribution < 1.29 is 4.74 Å². The van der Waals surface area contributed by atoms with Gasteiger partial charge in [-0.3, -0.25) is 4.68 Å². The lowest BCUT2D eigenvalue weighted by atomic mass is 10.1. The van der Waals surface area contributed by atoms with Crippen LogP contribution >= 0.6 is 0 Å². The van der Waals surface area contributed by atoms with Gasteiger partial charge in [0, 0.05) is 20.3 Å². The van der Waals surface area contributed by atoms with Crippen molar-refractivity contribution in [3.8, 4) is 5.75 Å². The minimum atomic E-state index is -0.330. The number of rotatable bonds is 3. The molecule has 0 aliphatic heterocycles. The van der Waals surface area contributed by atoms with E-state index in [0.717, 1.165) is 11.4 Å². The Kier molecular flexibility index (Phi) is 2.66. The zero-order chi connectivity index (χ0) is 11.7. The van der Waals surface area contributed by atoms with Crippen LogP contribution in [-0.2, 0) is 14.1 Å². The van der Waals surface area contributed by atoms with Gasteiger partial charge in [-0.05, 0) is 0 Å². The van der Waals surface area contributed by atoms with E-state index in [9.17, 15) is 0 Å². The lowest BCUT2D eigenvalue weighted by molar-refractivity contribution is 0.405. The van der Waals surface area contributed by atoms with Gasteiger partial charge in [0.25, 0.3) is 0 Å². The molecule has 0 spiro atoms. The second-order valence-corrected chi connectivity index (χ2v) is 3.66. The van der Waals surface area contributed by atoms with Gasteiger partial charge in [-0.25, -0.2) is 4.98 Å². The Morgan fingerprint density at radius 3 is 2.75 bits per heavy atom. The van der Waals surface area contributed by atoms with Gasteiger partial charge in [0.1, 0.15) is 5.69 Å².